The quantitative estimate of drug-likeness (QED) is 0.340. The summed E-state index contributed by atoms with van der Waals surface area (Å²) in [7, 11) is 0. The van der Waals surface area contributed by atoms with Crippen molar-refractivity contribution in [1.82, 2.24) is 9.88 Å². The molecular formula is C29H33N3O2. The Labute approximate surface area is 201 Å². The van der Waals surface area contributed by atoms with Gasteiger partial charge in [-0.05, 0) is 67.6 Å². The molecule has 0 spiro atoms. The highest BCUT2D eigenvalue weighted by Crippen LogP contribution is 2.34. The molecule has 0 aliphatic rings. The highest BCUT2D eigenvalue weighted by molar-refractivity contribution is 6.04. The van der Waals surface area contributed by atoms with Gasteiger partial charge in [0.1, 0.15) is 0 Å². The van der Waals surface area contributed by atoms with Crippen molar-refractivity contribution in [2.24, 2.45) is 0 Å². The number of hydrogen-bond acceptors (Lipinski definition) is 3. The summed E-state index contributed by atoms with van der Waals surface area (Å²) in [6.07, 6.45) is 0. The third kappa shape index (κ3) is 4.70. The molecule has 4 rings (SSSR count). The summed E-state index contributed by atoms with van der Waals surface area (Å²) in [6, 6.07) is 20.7. The number of nitrogens with zero attached hydrogens (tertiary/aromatic N) is 1. The van der Waals surface area contributed by atoms with Crippen molar-refractivity contribution >= 4 is 22.5 Å². The van der Waals surface area contributed by atoms with E-state index in [1.807, 2.05) is 18.2 Å². The van der Waals surface area contributed by atoms with Crippen LogP contribution in [0.4, 0.5) is 5.69 Å². The van der Waals surface area contributed by atoms with E-state index in [0.29, 0.717) is 12.1 Å². The van der Waals surface area contributed by atoms with Gasteiger partial charge in [-0.15, -0.1) is 0 Å². The maximum absolute atomic E-state index is 12.8. The second kappa shape index (κ2) is 10.1. The minimum Gasteiger partial charge on any atom is -0.395 e. The average molecular weight is 456 g/mol. The first-order valence-electron chi connectivity index (χ1n) is 11.8. The number of aliphatic hydroxyl groups is 1. The number of hydrogen-bond donors (Lipinski definition) is 3. The standard InChI is InChI=1S/C29H33N3O2/c1-19-9-8-10-20(2)26(19)17-31-27-16-24(29(34)30-13-14-33)15-25-21(3)22(4)32(28(25)27)18-23-11-6-5-7-12-23/h5-12,15-16,31,33H,13-14,17-18H2,1-4H3,(H,30,34). The van der Waals surface area contributed by atoms with Crippen LogP contribution in [0.2, 0.25) is 0 Å². The fraction of sp³-hybridized carbons (Fsp3) is 0.276. The van der Waals surface area contributed by atoms with Gasteiger partial charge in [0.05, 0.1) is 17.8 Å². The van der Waals surface area contributed by atoms with Gasteiger partial charge in [-0.3, -0.25) is 4.79 Å². The summed E-state index contributed by atoms with van der Waals surface area (Å²) >= 11 is 0. The zero-order chi connectivity index (χ0) is 24.2. The van der Waals surface area contributed by atoms with Gasteiger partial charge >= 0.3 is 0 Å². The molecule has 0 saturated carbocycles. The summed E-state index contributed by atoms with van der Waals surface area (Å²) in [5.41, 5.74) is 9.95. The second-order valence-electron chi connectivity index (χ2n) is 8.91. The zero-order valence-corrected chi connectivity index (χ0v) is 20.4. The lowest BCUT2D eigenvalue weighted by molar-refractivity contribution is 0.0945. The van der Waals surface area contributed by atoms with Gasteiger partial charge in [-0.1, -0.05) is 48.5 Å². The first kappa shape index (κ1) is 23.6. The third-order valence-electron chi connectivity index (χ3n) is 6.67. The lowest BCUT2D eigenvalue weighted by atomic mass is 10.0. The summed E-state index contributed by atoms with van der Waals surface area (Å²) in [5, 5.41) is 16.7. The van der Waals surface area contributed by atoms with E-state index in [0.717, 1.165) is 28.7 Å². The molecule has 1 amide bonds. The Morgan fingerprint density at radius 3 is 2.32 bits per heavy atom. The number of amides is 1. The van der Waals surface area contributed by atoms with E-state index < -0.39 is 0 Å². The average Bonchev–Trinajstić information content (AvgIpc) is 3.07. The lowest BCUT2D eigenvalue weighted by Crippen LogP contribution is -2.26. The SMILES string of the molecule is Cc1cccc(C)c1CNc1cc(C(=O)NCCO)cc2c(C)c(C)n(Cc3ccccc3)c12. The van der Waals surface area contributed by atoms with Crippen LogP contribution in [0.3, 0.4) is 0 Å². The first-order valence-corrected chi connectivity index (χ1v) is 11.8. The van der Waals surface area contributed by atoms with Crippen molar-refractivity contribution < 1.29 is 9.90 Å². The lowest BCUT2D eigenvalue weighted by Gasteiger charge is -2.17. The molecule has 5 heteroatoms. The molecule has 1 heterocycles. The number of aromatic nitrogens is 1. The van der Waals surface area contributed by atoms with Crippen LogP contribution in [0, 0.1) is 27.7 Å². The highest BCUT2D eigenvalue weighted by atomic mass is 16.3. The Morgan fingerprint density at radius 1 is 0.941 bits per heavy atom. The van der Waals surface area contributed by atoms with Crippen molar-refractivity contribution in [1.29, 1.82) is 0 Å². The van der Waals surface area contributed by atoms with Gasteiger partial charge in [-0.2, -0.15) is 0 Å². The molecule has 0 atom stereocenters. The minimum absolute atomic E-state index is 0.0861. The van der Waals surface area contributed by atoms with E-state index in [4.69, 9.17) is 5.11 Å². The van der Waals surface area contributed by atoms with Gasteiger partial charge in [0.25, 0.3) is 5.91 Å². The van der Waals surface area contributed by atoms with Crippen molar-refractivity contribution in [3.63, 3.8) is 0 Å². The number of carbonyl (C=O) groups is 1. The number of rotatable bonds is 8. The van der Waals surface area contributed by atoms with Crippen LogP contribution >= 0.6 is 0 Å². The molecule has 3 aromatic carbocycles. The molecule has 5 nitrogen and oxygen atoms in total. The van der Waals surface area contributed by atoms with E-state index >= 15 is 0 Å². The Kier molecular flexibility index (Phi) is 7.03. The van der Waals surface area contributed by atoms with Crippen LogP contribution < -0.4 is 10.6 Å². The molecule has 0 radical (unpaired) electrons. The summed E-state index contributed by atoms with van der Waals surface area (Å²) in [6.45, 7) is 10.1. The molecule has 0 unspecified atom stereocenters. The summed E-state index contributed by atoms with van der Waals surface area (Å²) in [4.78, 5) is 12.8. The molecular weight excluding hydrogens is 422 g/mol. The predicted molar refractivity (Wildman–Crippen MR) is 140 cm³/mol. The van der Waals surface area contributed by atoms with Gasteiger partial charge in [0.2, 0.25) is 0 Å². The van der Waals surface area contributed by atoms with Crippen LogP contribution in [-0.2, 0) is 13.1 Å². The second-order valence-corrected chi connectivity index (χ2v) is 8.91. The molecule has 176 valence electrons. The van der Waals surface area contributed by atoms with Crippen molar-refractivity contribution in [3.05, 3.63) is 99.7 Å². The van der Waals surface area contributed by atoms with E-state index in [2.05, 4.69) is 85.4 Å². The summed E-state index contributed by atoms with van der Waals surface area (Å²) in [5.74, 6) is -0.182. The maximum Gasteiger partial charge on any atom is 0.251 e. The van der Waals surface area contributed by atoms with Crippen molar-refractivity contribution in [2.75, 3.05) is 18.5 Å². The number of aliphatic hydroxyl groups excluding tert-OH is 1. The Bertz CT molecular complexity index is 1300. The van der Waals surface area contributed by atoms with Crippen LogP contribution in [-0.4, -0.2) is 28.7 Å². The molecule has 0 fully saturated rings. The number of aryl methyl sites for hydroxylation is 3. The fourth-order valence-electron chi connectivity index (χ4n) is 4.59. The van der Waals surface area contributed by atoms with Gasteiger partial charge in [0, 0.05) is 36.3 Å². The van der Waals surface area contributed by atoms with Gasteiger partial charge in [-0.25, -0.2) is 0 Å². The molecule has 3 N–H and O–H groups in total. The molecule has 34 heavy (non-hydrogen) atoms. The Balaban J connectivity index is 1.83. The topological polar surface area (TPSA) is 66.3 Å². The third-order valence-corrected chi connectivity index (χ3v) is 6.67. The minimum atomic E-state index is -0.182. The molecule has 4 aromatic rings. The maximum atomic E-state index is 12.8. The molecule has 0 saturated heterocycles. The fourth-order valence-corrected chi connectivity index (χ4v) is 4.59. The van der Waals surface area contributed by atoms with Crippen LogP contribution in [0.5, 0.6) is 0 Å². The van der Waals surface area contributed by atoms with E-state index in [9.17, 15) is 4.79 Å². The molecule has 0 aliphatic heterocycles. The number of carbonyl (C=O) groups excluding carboxylic acids is 1. The van der Waals surface area contributed by atoms with Gasteiger partial charge in [0.15, 0.2) is 0 Å². The molecule has 1 aromatic heterocycles. The Hall–Kier alpha value is -3.57. The number of benzene rings is 3. The number of fused-ring (bicyclic) bond motifs is 1. The monoisotopic (exact) mass is 455 g/mol. The van der Waals surface area contributed by atoms with E-state index in [1.165, 1.54) is 27.9 Å². The first-order chi connectivity index (χ1) is 16.4. The van der Waals surface area contributed by atoms with E-state index in [1.54, 1.807) is 0 Å². The predicted octanol–water partition coefficient (Wildman–Crippen LogP) is 5.26. The smallest absolute Gasteiger partial charge is 0.251 e. The molecule has 0 bridgehead atoms. The van der Waals surface area contributed by atoms with Crippen molar-refractivity contribution in [2.45, 2.75) is 40.8 Å². The van der Waals surface area contributed by atoms with Crippen LogP contribution in [0.15, 0.2) is 60.7 Å². The van der Waals surface area contributed by atoms with Crippen LogP contribution in [0.25, 0.3) is 10.9 Å². The van der Waals surface area contributed by atoms with Gasteiger partial charge < -0.3 is 20.3 Å². The largest absolute Gasteiger partial charge is 0.395 e. The highest BCUT2D eigenvalue weighted by Gasteiger charge is 2.19. The van der Waals surface area contributed by atoms with E-state index in [-0.39, 0.29) is 19.1 Å². The summed E-state index contributed by atoms with van der Waals surface area (Å²) < 4.78 is 2.34. The Morgan fingerprint density at radius 2 is 1.65 bits per heavy atom. The zero-order valence-electron chi connectivity index (χ0n) is 20.4. The van der Waals surface area contributed by atoms with Crippen LogP contribution in [0.1, 0.15) is 43.9 Å². The normalized spacial score (nSPS) is 11.1. The number of nitrogens with one attached hydrogen (secondary N) is 2. The number of anilines is 1. The van der Waals surface area contributed by atoms with Crippen molar-refractivity contribution in [3.8, 4) is 0 Å². The molecule has 0 aliphatic carbocycles.